The summed E-state index contributed by atoms with van der Waals surface area (Å²) in [6, 6.07) is 5.51. The molecule has 0 aromatic heterocycles. The van der Waals surface area contributed by atoms with Gasteiger partial charge in [-0.3, -0.25) is 0 Å². The molecule has 0 bridgehead atoms. The standard InChI is InChI=1S/C13H18ClN3O/c1-9-4-6-17(7-5-9)12-3-2-10(14)8-11(12)13(15)16-18/h2-3,8-9,18H,4-7H2,1H3,(H2,15,16). The molecule has 0 radical (unpaired) electrons. The first-order valence-corrected chi connectivity index (χ1v) is 6.52. The average Bonchev–Trinajstić information content (AvgIpc) is 2.39. The molecule has 98 valence electrons. The Morgan fingerprint density at radius 3 is 2.72 bits per heavy atom. The van der Waals surface area contributed by atoms with Gasteiger partial charge in [-0.2, -0.15) is 0 Å². The third-order valence-corrected chi connectivity index (χ3v) is 3.70. The summed E-state index contributed by atoms with van der Waals surface area (Å²) in [5.41, 5.74) is 7.39. The van der Waals surface area contributed by atoms with Crippen LogP contribution in [0.1, 0.15) is 25.3 Å². The number of nitrogens with zero attached hydrogens (tertiary/aromatic N) is 2. The summed E-state index contributed by atoms with van der Waals surface area (Å²) in [5, 5.41) is 12.5. The Morgan fingerprint density at radius 1 is 1.44 bits per heavy atom. The molecule has 0 unspecified atom stereocenters. The molecule has 2 rings (SSSR count). The maximum absolute atomic E-state index is 8.85. The van der Waals surface area contributed by atoms with E-state index in [1.54, 1.807) is 6.07 Å². The summed E-state index contributed by atoms with van der Waals surface area (Å²) in [7, 11) is 0. The van der Waals surface area contributed by atoms with Gasteiger partial charge in [0.2, 0.25) is 0 Å². The van der Waals surface area contributed by atoms with Crippen LogP contribution in [0.15, 0.2) is 23.4 Å². The van der Waals surface area contributed by atoms with E-state index >= 15 is 0 Å². The second kappa shape index (κ2) is 5.48. The van der Waals surface area contributed by atoms with E-state index in [1.165, 1.54) is 0 Å². The molecule has 0 saturated carbocycles. The molecule has 0 atom stereocenters. The highest BCUT2D eigenvalue weighted by atomic mass is 35.5. The van der Waals surface area contributed by atoms with Crippen molar-refractivity contribution >= 4 is 23.1 Å². The summed E-state index contributed by atoms with van der Waals surface area (Å²) in [5.74, 6) is 0.868. The molecule has 1 heterocycles. The van der Waals surface area contributed by atoms with Crippen molar-refractivity contribution in [2.45, 2.75) is 19.8 Å². The van der Waals surface area contributed by atoms with Crippen LogP contribution in [0.3, 0.4) is 0 Å². The molecular weight excluding hydrogens is 250 g/mol. The zero-order valence-electron chi connectivity index (χ0n) is 10.4. The van der Waals surface area contributed by atoms with Crippen LogP contribution >= 0.6 is 11.6 Å². The average molecular weight is 268 g/mol. The Kier molecular flexibility index (Phi) is 3.97. The van der Waals surface area contributed by atoms with E-state index in [4.69, 9.17) is 22.5 Å². The van der Waals surface area contributed by atoms with Gasteiger partial charge in [-0.05, 0) is 37.0 Å². The minimum Gasteiger partial charge on any atom is -0.409 e. The fraction of sp³-hybridized carbons (Fsp3) is 0.462. The number of hydrogen-bond acceptors (Lipinski definition) is 3. The number of anilines is 1. The third-order valence-electron chi connectivity index (χ3n) is 3.47. The van der Waals surface area contributed by atoms with Crippen molar-refractivity contribution in [3.8, 4) is 0 Å². The Balaban J connectivity index is 2.32. The molecule has 1 aromatic rings. The van der Waals surface area contributed by atoms with Gasteiger partial charge in [-0.1, -0.05) is 23.7 Å². The van der Waals surface area contributed by atoms with Crippen molar-refractivity contribution in [3.05, 3.63) is 28.8 Å². The van der Waals surface area contributed by atoms with E-state index in [0.29, 0.717) is 10.6 Å². The van der Waals surface area contributed by atoms with Crippen LogP contribution in [0.5, 0.6) is 0 Å². The van der Waals surface area contributed by atoms with Crippen molar-refractivity contribution in [3.63, 3.8) is 0 Å². The first-order valence-electron chi connectivity index (χ1n) is 6.14. The van der Waals surface area contributed by atoms with E-state index in [1.807, 2.05) is 12.1 Å². The first-order chi connectivity index (χ1) is 8.61. The monoisotopic (exact) mass is 267 g/mol. The summed E-state index contributed by atoms with van der Waals surface area (Å²) in [4.78, 5) is 2.27. The van der Waals surface area contributed by atoms with Crippen molar-refractivity contribution in [2.75, 3.05) is 18.0 Å². The van der Waals surface area contributed by atoms with Crippen LogP contribution in [0.25, 0.3) is 0 Å². The second-order valence-electron chi connectivity index (χ2n) is 4.82. The Bertz CT molecular complexity index is 454. The fourth-order valence-electron chi connectivity index (χ4n) is 2.29. The summed E-state index contributed by atoms with van der Waals surface area (Å²) in [6.07, 6.45) is 2.33. The topological polar surface area (TPSA) is 61.8 Å². The maximum atomic E-state index is 8.85. The molecule has 5 heteroatoms. The van der Waals surface area contributed by atoms with Gasteiger partial charge in [0.25, 0.3) is 0 Å². The highest BCUT2D eigenvalue weighted by molar-refractivity contribution is 6.31. The van der Waals surface area contributed by atoms with Crippen molar-refractivity contribution in [2.24, 2.45) is 16.8 Å². The minimum absolute atomic E-state index is 0.103. The van der Waals surface area contributed by atoms with E-state index in [-0.39, 0.29) is 5.84 Å². The van der Waals surface area contributed by atoms with Gasteiger partial charge in [-0.25, -0.2) is 0 Å². The lowest BCUT2D eigenvalue weighted by Crippen LogP contribution is -2.34. The summed E-state index contributed by atoms with van der Waals surface area (Å²) >= 11 is 5.97. The normalized spacial score (nSPS) is 18.1. The van der Waals surface area contributed by atoms with Crippen molar-refractivity contribution in [1.82, 2.24) is 0 Å². The van der Waals surface area contributed by atoms with Gasteiger partial charge in [0.15, 0.2) is 5.84 Å². The predicted octanol–water partition coefficient (Wildman–Crippen LogP) is 2.67. The van der Waals surface area contributed by atoms with Crippen LogP contribution in [-0.2, 0) is 0 Å². The molecule has 0 spiro atoms. The number of benzene rings is 1. The number of hydrogen-bond donors (Lipinski definition) is 2. The zero-order chi connectivity index (χ0) is 13.1. The largest absolute Gasteiger partial charge is 0.409 e. The zero-order valence-corrected chi connectivity index (χ0v) is 11.2. The highest BCUT2D eigenvalue weighted by Crippen LogP contribution is 2.28. The molecule has 1 aromatic carbocycles. The van der Waals surface area contributed by atoms with Crippen LogP contribution < -0.4 is 10.6 Å². The van der Waals surface area contributed by atoms with Gasteiger partial charge >= 0.3 is 0 Å². The van der Waals surface area contributed by atoms with Crippen LogP contribution in [0.2, 0.25) is 5.02 Å². The van der Waals surface area contributed by atoms with Crippen LogP contribution in [0, 0.1) is 5.92 Å². The SMILES string of the molecule is CC1CCN(c2ccc(Cl)cc2C(N)=NO)CC1. The molecule has 4 nitrogen and oxygen atoms in total. The first kappa shape index (κ1) is 13.0. The number of amidine groups is 1. The van der Waals surface area contributed by atoms with Crippen molar-refractivity contribution < 1.29 is 5.21 Å². The van der Waals surface area contributed by atoms with Crippen LogP contribution in [0.4, 0.5) is 5.69 Å². The molecule has 1 saturated heterocycles. The number of halogens is 1. The third kappa shape index (κ3) is 2.70. The molecule has 0 aliphatic carbocycles. The molecular formula is C13H18ClN3O. The Morgan fingerprint density at radius 2 is 2.11 bits per heavy atom. The van der Waals surface area contributed by atoms with E-state index in [9.17, 15) is 0 Å². The highest BCUT2D eigenvalue weighted by Gasteiger charge is 2.19. The molecule has 18 heavy (non-hydrogen) atoms. The molecule has 0 amide bonds. The molecule has 3 N–H and O–H groups in total. The van der Waals surface area contributed by atoms with E-state index in [2.05, 4.69) is 17.0 Å². The van der Waals surface area contributed by atoms with E-state index in [0.717, 1.165) is 37.5 Å². The molecule has 1 fully saturated rings. The Labute approximate surface area is 112 Å². The van der Waals surface area contributed by atoms with Gasteiger partial charge < -0.3 is 15.8 Å². The molecule has 1 aliphatic rings. The lowest BCUT2D eigenvalue weighted by molar-refractivity contribution is 0.318. The van der Waals surface area contributed by atoms with Gasteiger partial charge in [0.1, 0.15) is 0 Å². The number of rotatable bonds is 2. The lowest BCUT2D eigenvalue weighted by atomic mass is 9.98. The fourth-order valence-corrected chi connectivity index (χ4v) is 2.46. The van der Waals surface area contributed by atoms with Crippen LogP contribution in [-0.4, -0.2) is 24.1 Å². The maximum Gasteiger partial charge on any atom is 0.172 e. The smallest absolute Gasteiger partial charge is 0.172 e. The predicted molar refractivity (Wildman–Crippen MR) is 74.6 cm³/mol. The quantitative estimate of drug-likeness (QED) is 0.375. The van der Waals surface area contributed by atoms with Gasteiger partial charge in [0, 0.05) is 29.4 Å². The summed E-state index contributed by atoms with van der Waals surface area (Å²) in [6.45, 7) is 4.26. The minimum atomic E-state index is 0.103. The second-order valence-corrected chi connectivity index (χ2v) is 5.25. The Hall–Kier alpha value is -1.42. The van der Waals surface area contributed by atoms with E-state index < -0.39 is 0 Å². The number of piperidine rings is 1. The lowest BCUT2D eigenvalue weighted by Gasteiger charge is -2.33. The van der Waals surface area contributed by atoms with Gasteiger partial charge in [-0.15, -0.1) is 0 Å². The van der Waals surface area contributed by atoms with Gasteiger partial charge in [0.05, 0.1) is 0 Å². The van der Waals surface area contributed by atoms with Crippen molar-refractivity contribution in [1.29, 1.82) is 0 Å². The summed E-state index contributed by atoms with van der Waals surface area (Å²) < 4.78 is 0. The number of oxime groups is 1. The molecule has 1 aliphatic heterocycles. The number of nitrogens with two attached hydrogens (primary N) is 1.